The second-order valence-corrected chi connectivity index (χ2v) is 4.06. The number of nitrogens with one attached hydrogen (secondary N) is 2. The van der Waals surface area contributed by atoms with E-state index >= 15 is 0 Å². The van der Waals surface area contributed by atoms with Crippen LogP contribution in [0.3, 0.4) is 0 Å². The molecular weight excluding hydrogens is 240 g/mol. The zero-order valence-electron chi connectivity index (χ0n) is 10.6. The summed E-state index contributed by atoms with van der Waals surface area (Å²) in [4.78, 5) is 7.23. The summed E-state index contributed by atoms with van der Waals surface area (Å²) >= 11 is 0. The van der Waals surface area contributed by atoms with Crippen molar-refractivity contribution in [3.63, 3.8) is 0 Å². The Hall–Kier alpha value is -2.32. The molecule has 1 heterocycles. The van der Waals surface area contributed by atoms with Gasteiger partial charge >= 0.3 is 0 Å². The number of nitrogens with zero attached hydrogens (tertiary/aromatic N) is 2. The van der Waals surface area contributed by atoms with Gasteiger partial charge in [-0.15, -0.1) is 0 Å². The Morgan fingerprint density at radius 2 is 2.37 bits per heavy atom. The van der Waals surface area contributed by atoms with Gasteiger partial charge in [0.25, 0.3) is 0 Å². The lowest BCUT2D eigenvalue weighted by Gasteiger charge is -2.06. The zero-order valence-corrected chi connectivity index (χ0v) is 10.6. The van der Waals surface area contributed by atoms with E-state index in [1.807, 2.05) is 36.5 Å². The van der Waals surface area contributed by atoms with Crippen LogP contribution in [-0.4, -0.2) is 23.1 Å². The second-order valence-electron chi connectivity index (χ2n) is 4.06. The van der Waals surface area contributed by atoms with Crippen LogP contribution < -0.4 is 10.1 Å². The van der Waals surface area contributed by atoms with Gasteiger partial charge in [0.15, 0.2) is 6.61 Å². The minimum absolute atomic E-state index is 0.0787. The highest BCUT2D eigenvalue weighted by atomic mass is 16.5. The fourth-order valence-corrected chi connectivity index (χ4v) is 1.74. The first kappa shape index (κ1) is 13.1. The van der Waals surface area contributed by atoms with Crippen molar-refractivity contribution in [3.8, 4) is 11.8 Å². The van der Waals surface area contributed by atoms with Gasteiger partial charge < -0.3 is 15.0 Å². The molecule has 98 valence electrons. The predicted octanol–water partition coefficient (Wildman–Crippen LogP) is 1.64. The van der Waals surface area contributed by atoms with Gasteiger partial charge in [-0.2, -0.15) is 5.26 Å². The van der Waals surface area contributed by atoms with Crippen LogP contribution in [0, 0.1) is 11.3 Å². The third-order valence-electron chi connectivity index (χ3n) is 2.62. The van der Waals surface area contributed by atoms with Gasteiger partial charge in [0.2, 0.25) is 0 Å². The molecule has 0 saturated heterocycles. The fourth-order valence-electron chi connectivity index (χ4n) is 1.74. The van der Waals surface area contributed by atoms with Crippen molar-refractivity contribution in [2.75, 3.05) is 13.2 Å². The Morgan fingerprint density at radius 1 is 1.42 bits per heavy atom. The maximum atomic E-state index is 8.46. The van der Waals surface area contributed by atoms with Gasteiger partial charge in [-0.05, 0) is 17.7 Å². The molecule has 0 bridgehead atoms. The minimum atomic E-state index is 0.0787. The minimum Gasteiger partial charge on any atom is -0.479 e. The first-order valence-corrected chi connectivity index (χ1v) is 6.16. The molecule has 0 unspecified atom stereocenters. The van der Waals surface area contributed by atoms with Crippen LogP contribution in [0.4, 0.5) is 0 Å². The van der Waals surface area contributed by atoms with E-state index in [2.05, 4.69) is 15.3 Å². The molecule has 0 radical (unpaired) electrons. The third-order valence-corrected chi connectivity index (χ3v) is 2.62. The predicted molar refractivity (Wildman–Crippen MR) is 71.5 cm³/mol. The summed E-state index contributed by atoms with van der Waals surface area (Å²) < 4.78 is 5.26. The van der Waals surface area contributed by atoms with Crippen molar-refractivity contribution in [2.45, 2.75) is 13.0 Å². The molecule has 2 aromatic rings. The molecule has 2 rings (SSSR count). The molecule has 0 aliphatic heterocycles. The molecule has 0 fully saturated rings. The summed E-state index contributed by atoms with van der Waals surface area (Å²) in [6, 6.07) is 9.70. The van der Waals surface area contributed by atoms with Gasteiger partial charge in [0.05, 0.1) is 0 Å². The molecule has 0 aliphatic carbocycles. The first-order chi connectivity index (χ1) is 9.38. The molecule has 0 amide bonds. The molecule has 5 nitrogen and oxygen atoms in total. The van der Waals surface area contributed by atoms with E-state index in [1.165, 1.54) is 0 Å². The van der Waals surface area contributed by atoms with E-state index in [-0.39, 0.29) is 6.61 Å². The first-order valence-electron chi connectivity index (χ1n) is 6.16. The summed E-state index contributed by atoms with van der Waals surface area (Å²) in [7, 11) is 0. The number of aromatic nitrogens is 2. The number of ether oxygens (including phenoxy) is 1. The standard InChI is InChI=1S/C14H16N4O/c15-5-9-19-13-3-1-2-12(10-13)11-16-6-4-14-17-7-8-18-14/h1-3,7-8,10,16H,4,6,9,11H2,(H,17,18). The molecule has 0 saturated carbocycles. The number of H-pyrrole nitrogens is 1. The van der Waals surface area contributed by atoms with E-state index in [0.29, 0.717) is 0 Å². The summed E-state index contributed by atoms with van der Waals surface area (Å²) in [6.07, 6.45) is 4.45. The van der Waals surface area contributed by atoms with Crippen molar-refractivity contribution in [3.05, 3.63) is 48.0 Å². The Kier molecular flexibility index (Phi) is 4.96. The van der Waals surface area contributed by atoms with Gasteiger partial charge in [-0.1, -0.05) is 12.1 Å². The Balaban J connectivity index is 1.74. The Labute approximate surface area is 112 Å². The number of rotatable bonds is 7. The number of benzene rings is 1. The summed E-state index contributed by atoms with van der Waals surface area (Å²) in [5, 5.41) is 11.8. The van der Waals surface area contributed by atoms with E-state index in [1.54, 1.807) is 6.20 Å². The quantitative estimate of drug-likeness (QED) is 0.739. The smallest absolute Gasteiger partial charge is 0.174 e. The van der Waals surface area contributed by atoms with E-state index in [9.17, 15) is 0 Å². The molecule has 0 spiro atoms. The van der Waals surface area contributed by atoms with Crippen molar-refractivity contribution in [1.29, 1.82) is 5.26 Å². The van der Waals surface area contributed by atoms with Crippen LogP contribution in [-0.2, 0) is 13.0 Å². The van der Waals surface area contributed by atoms with E-state index in [0.717, 1.165) is 36.6 Å². The molecule has 0 atom stereocenters. The van der Waals surface area contributed by atoms with E-state index in [4.69, 9.17) is 10.00 Å². The van der Waals surface area contributed by atoms with Crippen LogP contribution in [0.1, 0.15) is 11.4 Å². The Morgan fingerprint density at radius 3 is 3.16 bits per heavy atom. The maximum absolute atomic E-state index is 8.46. The number of aromatic amines is 1. The average Bonchev–Trinajstić information content (AvgIpc) is 2.95. The van der Waals surface area contributed by atoms with Crippen LogP contribution in [0.15, 0.2) is 36.7 Å². The van der Waals surface area contributed by atoms with Crippen molar-refractivity contribution < 1.29 is 4.74 Å². The molecule has 1 aromatic heterocycles. The summed E-state index contributed by atoms with van der Waals surface area (Å²) in [5.74, 6) is 1.71. The summed E-state index contributed by atoms with van der Waals surface area (Å²) in [6.45, 7) is 1.70. The molecule has 5 heteroatoms. The fraction of sp³-hybridized carbons (Fsp3) is 0.286. The number of hydrogen-bond acceptors (Lipinski definition) is 4. The van der Waals surface area contributed by atoms with E-state index < -0.39 is 0 Å². The van der Waals surface area contributed by atoms with Gasteiger partial charge in [-0.3, -0.25) is 0 Å². The second kappa shape index (κ2) is 7.19. The van der Waals surface area contributed by atoms with Crippen molar-refractivity contribution in [2.24, 2.45) is 0 Å². The van der Waals surface area contributed by atoms with Crippen LogP contribution >= 0.6 is 0 Å². The lowest BCUT2D eigenvalue weighted by atomic mass is 10.2. The van der Waals surface area contributed by atoms with Crippen LogP contribution in [0.25, 0.3) is 0 Å². The normalized spacial score (nSPS) is 10.1. The van der Waals surface area contributed by atoms with Crippen molar-refractivity contribution >= 4 is 0 Å². The maximum Gasteiger partial charge on any atom is 0.174 e. The van der Waals surface area contributed by atoms with Crippen LogP contribution in [0.2, 0.25) is 0 Å². The lowest BCUT2D eigenvalue weighted by Crippen LogP contribution is -2.17. The molecular formula is C14H16N4O. The highest BCUT2D eigenvalue weighted by molar-refractivity contribution is 5.28. The highest BCUT2D eigenvalue weighted by Gasteiger charge is 1.98. The monoisotopic (exact) mass is 256 g/mol. The van der Waals surface area contributed by atoms with Gasteiger partial charge in [-0.25, -0.2) is 4.98 Å². The Bertz CT molecular complexity index is 531. The number of nitriles is 1. The highest BCUT2D eigenvalue weighted by Crippen LogP contribution is 2.12. The van der Waals surface area contributed by atoms with Crippen molar-refractivity contribution in [1.82, 2.24) is 15.3 Å². The van der Waals surface area contributed by atoms with Gasteiger partial charge in [0.1, 0.15) is 17.6 Å². The van der Waals surface area contributed by atoms with Crippen LogP contribution in [0.5, 0.6) is 5.75 Å². The SMILES string of the molecule is N#CCOc1cccc(CNCCc2ncc[nH]2)c1. The molecule has 0 aliphatic rings. The lowest BCUT2D eigenvalue weighted by molar-refractivity contribution is 0.367. The van der Waals surface area contributed by atoms with Gasteiger partial charge in [0, 0.05) is 31.9 Å². The average molecular weight is 256 g/mol. The molecule has 2 N–H and O–H groups in total. The number of hydrogen-bond donors (Lipinski definition) is 2. The molecule has 1 aromatic carbocycles. The topological polar surface area (TPSA) is 73.7 Å². The number of imidazole rings is 1. The third kappa shape index (κ3) is 4.45. The summed E-state index contributed by atoms with van der Waals surface area (Å²) in [5.41, 5.74) is 1.13. The zero-order chi connectivity index (χ0) is 13.3. The largest absolute Gasteiger partial charge is 0.479 e. The molecule has 19 heavy (non-hydrogen) atoms.